The monoisotopic (exact) mass is 348 g/mol. The van der Waals surface area contributed by atoms with Crippen LogP contribution in [0.3, 0.4) is 0 Å². The average molecular weight is 348 g/mol. The van der Waals surface area contributed by atoms with Crippen LogP contribution >= 0.6 is 0 Å². The van der Waals surface area contributed by atoms with Crippen LogP contribution in [0.15, 0.2) is 59.5 Å². The Labute approximate surface area is 142 Å². The number of aryl methyl sites for hydroxylation is 1. The number of hydrogen-bond donors (Lipinski definition) is 0. The van der Waals surface area contributed by atoms with E-state index in [-0.39, 0.29) is 17.6 Å². The zero-order valence-electron chi connectivity index (χ0n) is 13.4. The van der Waals surface area contributed by atoms with Gasteiger partial charge in [-0.15, -0.1) is 0 Å². The zero-order valence-corrected chi connectivity index (χ0v) is 14.2. The standard InChI is InChI=1S/C18H20O5S/c1-14-7-9-17(10-8-14)24(19,20)22-12-11-16-13-21-18(23-16)15-5-3-2-4-6-15/h2-10,16,18H,11-13H2,1H3/t16-,18?/m1/s1. The molecule has 0 spiro atoms. The molecule has 1 saturated heterocycles. The molecule has 6 heteroatoms. The van der Waals surface area contributed by atoms with E-state index in [0.29, 0.717) is 13.0 Å². The van der Waals surface area contributed by atoms with Crippen LogP contribution in [0.4, 0.5) is 0 Å². The normalized spacial score (nSPS) is 21.0. The summed E-state index contributed by atoms with van der Waals surface area (Å²) < 4.78 is 40.7. The molecule has 1 aliphatic heterocycles. The van der Waals surface area contributed by atoms with Crippen LogP contribution in [-0.4, -0.2) is 27.7 Å². The minimum atomic E-state index is -3.73. The summed E-state index contributed by atoms with van der Waals surface area (Å²) >= 11 is 0. The first kappa shape index (κ1) is 17.1. The molecule has 0 aromatic heterocycles. The summed E-state index contributed by atoms with van der Waals surface area (Å²) in [5.74, 6) is 0. The van der Waals surface area contributed by atoms with Gasteiger partial charge in [0, 0.05) is 12.0 Å². The van der Waals surface area contributed by atoms with Gasteiger partial charge in [-0.2, -0.15) is 8.42 Å². The van der Waals surface area contributed by atoms with E-state index in [2.05, 4.69) is 0 Å². The molecule has 2 aromatic carbocycles. The molecule has 0 saturated carbocycles. The maximum atomic E-state index is 12.1. The van der Waals surface area contributed by atoms with Crippen molar-refractivity contribution < 1.29 is 22.1 Å². The summed E-state index contributed by atoms with van der Waals surface area (Å²) in [6.45, 7) is 2.39. The van der Waals surface area contributed by atoms with Gasteiger partial charge in [0.1, 0.15) is 0 Å². The molecule has 0 amide bonds. The Morgan fingerprint density at radius 1 is 1.08 bits per heavy atom. The summed E-state index contributed by atoms with van der Waals surface area (Å²) in [4.78, 5) is 0.166. The molecule has 0 aliphatic carbocycles. The van der Waals surface area contributed by atoms with Crippen LogP contribution in [0.1, 0.15) is 23.8 Å². The number of hydrogen-bond acceptors (Lipinski definition) is 5. The molecule has 5 nitrogen and oxygen atoms in total. The molecule has 1 heterocycles. The first-order valence-electron chi connectivity index (χ1n) is 7.83. The van der Waals surface area contributed by atoms with Crippen molar-refractivity contribution in [3.05, 3.63) is 65.7 Å². The Balaban J connectivity index is 1.49. The van der Waals surface area contributed by atoms with Gasteiger partial charge in [0.2, 0.25) is 0 Å². The minimum Gasteiger partial charge on any atom is -0.346 e. The lowest BCUT2D eigenvalue weighted by molar-refractivity contribution is -0.0622. The lowest BCUT2D eigenvalue weighted by Gasteiger charge is -2.12. The largest absolute Gasteiger partial charge is 0.346 e. The Morgan fingerprint density at radius 3 is 2.50 bits per heavy atom. The third-order valence-electron chi connectivity index (χ3n) is 3.81. The molecule has 0 N–H and O–H groups in total. The van der Waals surface area contributed by atoms with Crippen LogP contribution in [0.25, 0.3) is 0 Å². The van der Waals surface area contributed by atoms with Crippen molar-refractivity contribution in [1.82, 2.24) is 0 Å². The van der Waals surface area contributed by atoms with Gasteiger partial charge in [-0.3, -0.25) is 4.18 Å². The van der Waals surface area contributed by atoms with Crippen LogP contribution in [-0.2, 0) is 23.8 Å². The molecule has 2 aromatic rings. The van der Waals surface area contributed by atoms with Crippen molar-refractivity contribution in [3.8, 4) is 0 Å². The van der Waals surface area contributed by atoms with Gasteiger partial charge >= 0.3 is 0 Å². The third-order valence-corrected chi connectivity index (χ3v) is 5.14. The second kappa shape index (κ2) is 7.44. The van der Waals surface area contributed by atoms with Gasteiger partial charge in [-0.1, -0.05) is 48.0 Å². The maximum Gasteiger partial charge on any atom is 0.296 e. The molecular formula is C18H20O5S. The second-order valence-electron chi connectivity index (χ2n) is 5.71. The Hall–Kier alpha value is -1.73. The lowest BCUT2D eigenvalue weighted by Crippen LogP contribution is -2.16. The summed E-state index contributed by atoms with van der Waals surface area (Å²) in [6.07, 6.45) is -0.123. The molecule has 0 radical (unpaired) electrons. The van der Waals surface area contributed by atoms with Crippen LogP contribution in [0, 0.1) is 6.92 Å². The zero-order chi connectivity index (χ0) is 17.0. The summed E-state index contributed by atoms with van der Waals surface area (Å²) in [7, 11) is -3.73. The van der Waals surface area contributed by atoms with Crippen LogP contribution in [0.5, 0.6) is 0 Å². The van der Waals surface area contributed by atoms with E-state index in [9.17, 15) is 8.42 Å². The van der Waals surface area contributed by atoms with Crippen molar-refractivity contribution in [2.45, 2.75) is 30.6 Å². The Kier molecular flexibility index (Phi) is 5.30. The van der Waals surface area contributed by atoms with E-state index in [1.54, 1.807) is 24.3 Å². The molecule has 1 unspecified atom stereocenters. The predicted molar refractivity (Wildman–Crippen MR) is 88.9 cm³/mol. The highest BCUT2D eigenvalue weighted by molar-refractivity contribution is 7.86. The summed E-state index contributed by atoms with van der Waals surface area (Å²) in [5, 5.41) is 0. The highest BCUT2D eigenvalue weighted by Crippen LogP contribution is 2.28. The summed E-state index contributed by atoms with van der Waals surface area (Å²) in [5.41, 5.74) is 1.95. The molecule has 1 aliphatic rings. The lowest BCUT2D eigenvalue weighted by atomic mass is 10.2. The number of benzene rings is 2. The smallest absolute Gasteiger partial charge is 0.296 e. The second-order valence-corrected chi connectivity index (χ2v) is 7.33. The van der Waals surface area contributed by atoms with Gasteiger partial charge < -0.3 is 9.47 Å². The molecule has 24 heavy (non-hydrogen) atoms. The fourth-order valence-corrected chi connectivity index (χ4v) is 3.37. The van der Waals surface area contributed by atoms with Gasteiger partial charge in [0.25, 0.3) is 10.1 Å². The predicted octanol–water partition coefficient (Wildman–Crippen LogP) is 3.20. The molecule has 128 valence electrons. The van der Waals surface area contributed by atoms with Gasteiger partial charge in [-0.05, 0) is 19.1 Å². The van der Waals surface area contributed by atoms with Crippen LogP contribution < -0.4 is 0 Å². The Morgan fingerprint density at radius 2 is 1.79 bits per heavy atom. The van der Waals surface area contributed by atoms with E-state index >= 15 is 0 Å². The topological polar surface area (TPSA) is 61.8 Å². The minimum absolute atomic E-state index is 0.0613. The SMILES string of the molecule is Cc1ccc(S(=O)(=O)OCC[C@@H]2COC(c3ccccc3)O2)cc1. The van der Waals surface area contributed by atoms with Crippen molar-refractivity contribution in [2.75, 3.05) is 13.2 Å². The molecule has 0 bridgehead atoms. The Bertz CT molecular complexity index is 756. The van der Waals surface area contributed by atoms with Gasteiger partial charge in [0.05, 0.1) is 24.2 Å². The summed E-state index contributed by atoms with van der Waals surface area (Å²) in [6, 6.07) is 16.2. The van der Waals surface area contributed by atoms with E-state index in [0.717, 1.165) is 11.1 Å². The molecular weight excluding hydrogens is 328 g/mol. The van der Waals surface area contributed by atoms with Crippen LogP contribution in [0.2, 0.25) is 0 Å². The van der Waals surface area contributed by atoms with E-state index < -0.39 is 16.4 Å². The average Bonchev–Trinajstić information content (AvgIpc) is 3.05. The van der Waals surface area contributed by atoms with Crippen molar-refractivity contribution in [1.29, 1.82) is 0 Å². The van der Waals surface area contributed by atoms with E-state index in [1.807, 2.05) is 37.3 Å². The molecule has 2 atom stereocenters. The number of ether oxygens (including phenoxy) is 2. The third kappa shape index (κ3) is 4.21. The van der Waals surface area contributed by atoms with Crippen molar-refractivity contribution in [2.24, 2.45) is 0 Å². The highest BCUT2D eigenvalue weighted by atomic mass is 32.2. The number of rotatable bonds is 6. The van der Waals surface area contributed by atoms with E-state index in [1.165, 1.54) is 0 Å². The quantitative estimate of drug-likeness (QED) is 0.750. The molecule has 1 fully saturated rings. The maximum absolute atomic E-state index is 12.1. The first-order valence-corrected chi connectivity index (χ1v) is 9.23. The van der Waals surface area contributed by atoms with E-state index in [4.69, 9.17) is 13.7 Å². The molecule has 3 rings (SSSR count). The van der Waals surface area contributed by atoms with Crippen molar-refractivity contribution in [3.63, 3.8) is 0 Å². The highest BCUT2D eigenvalue weighted by Gasteiger charge is 2.27. The van der Waals surface area contributed by atoms with Gasteiger partial charge in [-0.25, -0.2) is 0 Å². The fraction of sp³-hybridized carbons (Fsp3) is 0.333. The van der Waals surface area contributed by atoms with Crippen molar-refractivity contribution >= 4 is 10.1 Å². The fourth-order valence-electron chi connectivity index (χ4n) is 2.45. The first-order chi connectivity index (χ1) is 11.5. The van der Waals surface area contributed by atoms with Gasteiger partial charge in [0.15, 0.2) is 6.29 Å².